The van der Waals surface area contributed by atoms with Crippen molar-refractivity contribution in [2.75, 3.05) is 4.90 Å². The Labute approximate surface area is 379 Å². The minimum atomic E-state index is -0.278. The summed E-state index contributed by atoms with van der Waals surface area (Å²) in [5.74, 6) is 0. The van der Waals surface area contributed by atoms with Crippen LogP contribution in [0.3, 0.4) is 0 Å². The standard InChI is InChI=1S/C60H49BN2O2/c1-58(2,3)37-24-25-47(41(30-37)34-16-9-8-10-17-34)62-49-32-43-38-20-13-14-23-50(38)64-56(43)52-40-22-15-21-39-42-28-35-18-11-12-19-36(35)29-48(42)63(54(39)40)61(53(49)52)57-55(62)44-31-45-46(33-51(44)65-57)60(6,7)27-26-59(45,4)5/h8-25,28-33H,26-27H2,1-7H3. The average molecular weight is 841 g/mol. The van der Waals surface area contributed by atoms with Crippen LogP contribution >= 0.6 is 0 Å². The fourth-order valence-electron chi connectivity index (χ4n) is 12.2. The monoisotopic (exact) mass is 840 g/mol. The number of nitrogens with zero attached hydrogens (tertiary/aromatic N) is 2. The number of aromatic nitrogens is 1. The Kier molecular flexibility index (Phi) is 7.15. The zero-order chi connectivity index (χ0) is 43.9. The molecule has 11 aromatic rings. The fraction of sp³-hybridized carbons (Fsp3) is 0.200. The molecule has 8 aromatic carbocycles. The number of rotatable bonds is 2. The molecule has 14 rings (SSSR count). The van der Waals surface area contributed by atoms with Crippen LogP contribution in [0.4, 0.5) is 17.1 Å². The van der Waals surface area contributed by atoms with E-state index in [2.05, 4.69) is 203 Å². The highest BCUT2D eigenvalue weighted by Gasteiger charge is 2.49. The molecule has 4 nitrogen and oxygen atoms in total. The molecule has 0 radical (unpaired) electrons. The molecule has 3 aliphatic rings. The number of hydrogen-bond donors (Lipinski definition) is 0. The van der Waals surface area contributed by atoms with Crippen LogP contribution in [0.1, 0.15) is 78.0 Å². The summed E-state index contributed by atoms with van der Waals surface area (Å²) in [7, 11) is 0. The van der Waals surface area contributed by atoms with Gasteiger partial charge in [-0.25, -0.2) is 0 Å². The maximum atomic E-state index is 7.67. The summed E-state index contributed by atoms with van der Waals surface area (Å²) in [6.07, 6.45) is 2.27. The van der Waals surface area contributed by atoms with Crippen molar-refractivity contribution in [1.29, 1.82) is 0 Å². The molecule has 5 heteroatoms. The van der Waals surface area contributed by atoms with Gasteiger partial charge in [-0.3, -0.25) is 0 Å². The Morgan fingerprint density at radius 1 is 0.554 bits per heavy atom. The third kappa shape index (κ3) is 4.94. The summed E-state index contributed by atoms with van der Waals surface area (Å²) in [6.45, 7) is 16.4. The Morgan fingerprint density at radius 3 is 2.05 bits per heavy atom. The van der Waals surface area contributed by atoms with E-state index in [9.17, 15) is 0 Å². The highest BCUT2D eigenvalue weighted by Crippen LogP contribution is 2.55. The number of para-hydroxylation sites is 2. The van der Waals surface area contributed by atoms with E-state index >= 15 is 0 Å². The zero-order valence-electron chi connectivity index (χ0n) is 38.1. The molecule has 0 N–H and O–H groups in total. The van der Waals surface area contributed by atoms with Crippen LogP contribution in [-0.4, -0.2) is 11.3 Å². The van der Waals surface area contributed by atoms with Gasteiger partial charge in [0.05, 0.1) is 11.4 Å². The second kappa shape index (κ2) is 12.4. The average Bonchev–Trinajstić information content (AvgIpc) is 3.97. The van der Waals surface area contributed by atoms with Crippen molar-refractivity contribution in [3.05, 3.63) is 162 Å². The summed E-state index contributed by atoms with van der Waals surface area (Å²) in [5.41, 5.74) is 19.6. The predicted molar refractivity (Wildman–Crippen MR) is 274 cm³/mol. The van der Waals surface area contributed by atoms with Gasteiger partial charge in [0.2, 0.25) is 0 Å². The lowest BCUT2D eigenvalue weighted by Crippen LogP contribution is -2.56. The van der Waals surface area contributed by atoms with E-state index in [1.807, 2.05) is 0 Å². The summed E-state index contributed by atoms with van der Waals surface area (Å²) < 4.78 is 17.4. The fourth-order valence-corrected chi connectivity index (χ4v) is 12.2. The quantitative estimate of drug-likeness (QED) is 0.163. The van der Waals surface area contributed by atoms with Crippen LogP contribution in [0.5, 0.6) is 0 Å². The minimum Gasteiger partial charge on any atom is -0.466 e. The SMILES string of the molecule is CC(C)(C)c1ccc(N2c3cc4c(oc5ccccc54)c4c3B(c3oc5cc6c(cc5c32)C(C)(C)CCC6(C)C)n2c3cc5ccccc5cc3c3cccc-4c32)c(-c2ccccc2)c1. The third-order valence-electron chi connectivity index (χ3n) is 15.7. The first-order valence-corrected chi connectivity index (χ1v) is 23.4. The summed E-state index contributed by atoms with van der Waals surface area (Å²) >= 11 is 0. The Morgan fingerprint density at radius 2 is 1.26 bits per heavy atom. The molecular weight excluding hydrogens is 791 g/mol. The van der Waals surface area contributed by atoms with E-state index in [-0.39, 0.29) is 23.1 Å². The minimum absolute atomic E-state index is 0.00677. The summed E-state index contributed by atoms with van der Waals surface area (Å²) in [5, 5.41) is 8.36. The van der Waals surface area contributed by atoms with E-state index in [1.54, 1.807) is 0 Å². The highest BCUT2D eigenvalue weighted by molar-refractivity contribution is 6.90. The van der Waals surface area contributed by atoms with E-state index in [1.165, 1.54) is 71.4 Å². The van der Waals surface area contributed by atoms with Crippen LogP contribution in [-0.2, 0) is 16.2 Å². The normalized spacial score (nSPS) is 16.0. The number of benzene rings is 8. The lowest BCUT2D eigenvalue weighted by molar-refractivity contribution is 0.332. The van der Waals surface area contributed by atoms with E-state index < -0.39 is 0 Å². The second-order valence-electron chi connectivity index (χ2n) is 21.5. The maximum absolute atomic E-state index is 7.67. The molecule has 2 aliphatic heterocycles. The van der Waals surface area contributed by atoms with Gasteiger partial charge in [-0.2, -0.15) is 0 Å². The van der Waals surface area contributed by atoms with Gasteiger partial charge in [-0.05, 0) is 116 Å². The molecule has 0 atom stereocenters. The van der Waals surface area contributed by atoms with Crippen LogP contribution < -0.4 is 16.0 Å². The van der Waals surface area contributed by atoms with Gasteiger partial charge in [-0.15, -0.1) is 0 Å². The number of furan rings is 2. The molecule has 0 unspecified atom stereocenters. The van der Waals surface area contributed by atoms with Gasteiger partial charge in [-0.1, -0.05) is 146 Å². The molecule has 0 saturated heterocycles. The van der Waals surface area contributed by atoms with Crippen molar-refractivity contribution in [1.82, 2.24) is 4.48 Å². The molecule has 0 spiro atoms. The van der Waals surface area contributed by atoms with Crippen molar-refractivity contribution in [2.24, 2.45) is 0 Å². The van der Waals surface area contributed by atoms with Gasteiger partial charge in [0.15, 0.2) is 0 Å². The molecule has 65 heavy (non-hydrogen) atoms. The van der Waals surface area contributed by atoms with E-state index in [4.69, 9.17) is 8.83 Å². The van der Waals surface area contributed by atoms with Crippen molar-refractivity contribution < 1.29 is 8.83 Å². The Hall–Kier alpha value is -6.98. The lowest BCUT2D eigenvalue weighted by Gasteiger charge is -2.42. The first kappa shape index (κ1) is 37.4. The highest BCUT2D eigenvalue weighted by atomic mass is 16.3. The van der Waals surface area contributed by atoms with E-state index in [0.29, 0.717) is 0 Å². The number of anilines is 3. The van der Waals surface area contributed by atoms with Crippen molar-refractivity contribution in [3.8, 4) is 22.3 Å². The summed E-state index contributed by atoms with van der Waals surface area (Å²) in [4.78, 5) is 2.59. The molecule has 3 aromatic heterocycles. The molecule has 0 saturated carbocycles. The molecule has 314 valence electrons. The maximum Gasteiger partial charge on any atom is 0.376 e. The third-order valence-corrected chi connectivity index (χ3v) is 15.7. The van der Waals surface area contributed by atoms with Gasteiger partial charge < -0.3 is 18.2 Å². The molecule has 1 aliphatic carbocycles. The Bertz CT molecular complexity index is 3890. The molecule has 5 heterocycles. The molecule has 0 bridgehead atoms. The van der Waals surface area contributed by atoms with Crippen molar-refractivity contribution in [2.45, 2.75) is 77.6 Å². The van der Waals surface area contributed by atoms with Crippen molar-refractivity contribution >= 4 is 101 Å². The predicted octanol–water partition coefficient (Wildman–Crippen LogP) is 15.3. The number of hydrogen-bond acceptors (Lipinski definition) is 3. The molecule has 0 amide bonds. The van der Waals surface area contributed by atoms with Gasteiger partial charge in [0.1, 0.15) is 22.4 Å². The smallest absolute Gasteiger partial charge is 0.376 e. The van der Waals surface area contributed by atoms with Crippen LogP contribution in [0.25, 0.3) is 87.7 Å². The van der Waals surface area contributed by atoms with Crippen LogP contribution in [0.15, 0.2) is 154 Å². The lowest BCUT2D eigenvalue weighted by atomic mass is 9.47. The molecular formula is C60H49BN2O2. The van der Waals surface area contributed by atoms with Gasteiger partial charge in [0.25, 0.3) is 0 Å². The largest absolute Gasteiger partial charge is 0.466 e. The topological polar surface area (TPSA) is 34.5 Å². The van der Waals surface area contributed by atoms with Crippen molar-refractivity contribution in [3.63, 3.8) is 0 Å². The zero-order valence-corrected chi connectivity index (χ0v) is 38.1. The summed E-state index contributed by atoms with van der Waals surface area (Å²) in [6, 6.07) is 54.6. The van der Waals surface area contributed by atoms with Crippen LogP contribution in [0.2, 0.25) is 0 Å². The Balaban J connectivity index is 1.21. The first-order valence-electron chi connectivity index (χ1n) is 23.4. The van der Waals surface area contributed by atoms with Crippen LogP contribution in [0, 0.1) is 0 Å². The first-order chi connectivity index (χ1) is 31.4. The second-order valence-corrected chi connectivity index (χ2v) is 21.5. The van der Waals surface area contributed by atoms with E-state index in [0.717, 1.165) is 74.0 Å². The molecule has 0 fully saturated rings. The number of fused-ring (bicyclic) bond motifs is 15. The van der Waals surface area contributed by atoms with Gasteiger partial charge in [0, 0.05) is 60.3 Å². The van der Waals surface area contributed by atoms with Gasteiger partial charge >= 0.3 is 6.85 Å².